The summed E-state index contributed by atoms with van der Waals surface area (Å²) in [7, 11) is 0. The number of hydrogen-bond donors (Lipinski definition) is 0. The number of fused-ring (bicyclic) bond motifs is 8. The number of thiophene rings is 1. The summed E-state index contributed by atoms with van der Waals surface area (Å²) in [6.45, 7) is 0. The Bertz CT molecular complexity index is 3050. The van der Waals surface area contributed by atoms with Gasteiger partial charge in [-0.3, -0.25) is 0 Å². The molecule has 0 N–H and O–H groups in total. The van der Waals surface area contributed by atoms with Crippen molar-refractivity contribution in [2.24, 2.45) is 0 Å². The lowest BCUT2D eigenvalue weighted by Crippen LogP contribution is -2.11. The zero-order valence-corrected chi connectivity index (χ0v) is 30.8. The maximum absolute atomic E-state index is 7.11. The van der Waals surface area contributed by atoms with Crippen molar-refractivity contribution < 1.29 is 4.42 Å². The van der Waals surface area contributed by atoms with Gasteiger partial charge >= 0.3 is 0 Å². The van der Waals surface area contributed by atoms with Crippen LogP contribution in [-0.2, 0) is 0 Å². The van der Waals surface area contributed by atoms with Gasteiger partial charge in [-0.2, -0.15) is 0 Å². The highest BCUT2D eigenvalue weighted by atomic mass is 32.1. The monoisotopic (exact) mass is 721 g/mol. The molecule has 2 aromatic heterocycles. The Morgan fingerprint density at radius 2 is 1.16 bits per heavy atom. The van der Waals surface area contributed by atoms with E-state index in [9.17, 15) is 0 Å². The molecule has 1 aliphatic carbocycles. The number of allylic oxidation sites excluding steroid dienone is 1. The molecule has 0 saturated carbocycles. The summed E-state index contributed by atoms with van der Waals surface area (Å²) >= 11 is 1.94. The maximum atomic E-state index is 7.11. The van der Waals surface area contributed by atoms with Crippen molar-refractivity contribution >= 4 is 77.3 Å². The molecule has 1 atom stereocenters. The lowest BCUT2D eigenvalue weighted by Gasteiger charge is -2.27. The van der Waals surface area contributed by atoms with E-state index < -0.39 is 0 Å². The van der Waals surface area contributed by atoms with Crippen molar-refractivity contribution in [1.82, 2.24) is 0 Å². The van der Waals surface area contributed by atoms with Gasteiger partial charge in [0.25, 0.3) is 0 Å². The summed E-state index contributed by atoms with van der Waals surface area (Å²) in [5, 5.41) is 5.88. The van der Waals surface area contributed by atoms with Crippen LogP contribution in [0.1, 0.15) is 28.3 Å². The molecule has 11 rings (SSSR count). The molecule has 8 aromatic carbocycles. The van der Waals surface area contributed by atoms with Crippen LogP contribution in [0.15, 0.2) is 192 Å². The van der Waals surface area contributed by atoms with Crippen LogP contribution in [-0.4, -0.2) is 0 Å². The summed E-state index contributed by atoms with van der Waals surface area (Å²) in [6, 6.07) is 65.7. The van der Waals surface area contributed by atoms with E-state index in [1.165, 1.54) is 48.2 Å². The van der Waals surface area contributed by atoms with Gasteiger partial charge < -0.3 is 9.32 Å². The molecule has 2 nitrogen and oxygen atoms in total. The third-order valence-corrected chi connectivity index (χ3v) is 12.5. The average molecular weight is 722 g/mol. The molecule has 2 heterocycles. The van der Waals surface area contributed by atoms with Crippen LogP contribution in [0.4, 0.5) is 17.1 Å². The molecule has 0 fully saturated rings. The molecule has 1 aliphatic rings. The Balaban J connectivity index is 1.11. The van der Waals surface area contributed by atoms with E-state index in [-0.39, 0.29) is 0 Å². The van der Waals surface area contributed by atoms with E-state index in [0.29, 0.717) is 5.92 Å². The van der Waals surface area contributed by atoms with Crippen LogP contribution in [0, 0.1) is 0 Å². The molecule has 10 aromatic rings. The average Bonchev–Trinajstić information content (AvgIpc) is 3.85. The van der Waals surface area contributed by atoms with Gasteiger partial charge in [-0.1, -0.05) is 152 Å². The van der Waals surface area contributed by atoms with Gasteiger partial charge in [0.1, 0.15) is 5.58 Å². The van der Waals surface area contributed by atoms with Crippen molar-refractivity contribution in [1.29, 1.82) is 0 Å². The van der Waals surface area contributed by atoms with E-state index in [1.54, 1.807) is 0 Å². The van der Waals surface area contributed by atoms with Crippen LogP contribution in [0.5, 0.6) is 0 Å². The SMILES string of the molecule is C1=Cc2c(sc3ccccc23)C(c2ccc(N(c3ccc(-c4ccccc4)cc3)c3ccc(-c4ccccc4)c4c3oc3c5ccccc5ccc34)cc2)C1. The van der Waals surface area contributed by atoms with Gasteiger partial charge in [-0.05, 0) is 93.0 Å². The highest BCUT2D eigenvalue weighted by Gasteiger charge is 2.26. The molecule has 0 radical (unpaired) electrons. The Hall–Kier alpha value is -6.68. The number of hydrogen-bond acceptors (Lipinski definition) is 3. The van der Waals surface area contributed by atoms with Gasteiger partial charge in [0.05, 0.1) is 5.69 Å². The van der Waals surface area contributed by atoms with E-state index >= 15 is 0 Å². The predicted molar refractivity (Wildman–Crippen MR) is 234 cm³/mol. The molecule has 0 bridgehead atoms. The first-order valence-corrected chi connectivity index (χ1v) is 19.8. The second-order valence-electron chi connectivity index (χ2n) is 14.4. The van der Waals surface area contributed by atoms with Crippen LogP contribution < -0.4 is 4.90 Å². The van der Waals surface area contributed by atoms with Crippen LogP contribution >= 0.6 is 11.3 Å². The standard InChI is InChI=1S/C52H35NOS/c1-3-12-34(13-4-1)35-22-27-39(28-23-35)53(40-29-24-38(25-30-40)43-19-11-20-45-44-18-9-10-21-48(44)55-52(43)45)47-33-32-41(36-14-5-2-6-15-36)49-46-31-26-37-16-7-8-17-42(37)50(46)54-51(47)49/h1-18,20-33,43H,19H2. The first-order chi connectivity index (χ1) is 27.3. The molecule has 0 amide bonds. The fraction of sp³-hybridized carbons (Fsp3) is 0.0385. The highest BCUT2D eigenvalue weighted by molar-refractivity contribution is 7.19. The number of benzene rings is 8. The van der Waals surface area contributed by atoms with Crippen LogP contribution in [0.25, 0.3) is 71.1 Å². The first-order valence-electron chi connectivity index (χ1n) is 18.9. The summed E-state index contributed by atoms with van der Waals surface area (Å²) in [5.74, 6) is 0.325. The number of nitrogens with zero attached hydrogens (tertiary/aromatic N) is 1. The Morgan fingerprint density at radius 3 is 1.95 bits per heavy atom. The molecule has 0 saturated heterocycles. The predicted octanol–water partition coefficient (Wildman–Crippen LogP) is 15.3. The third-order valence-electron chi connectivity index (χ3n) is 11.2. The molecule has 0 spiro atoms. The van der Waals surface area contributed by atoms with Crippen LogP contribution in [0.3, 0.4) is 0 Å². The van der Waals surface area contributed by atoms with Gasteiger partial charge in [0.15, 0.2) is 5.58 Å². The van der Waals surface area contributed by atoms with E-state index in [2.05, 4.69) is 199 Å². The van der Waals surface area contributed by atoms with Crippen LogP contribution in [0.2, 0.25) is 0 Å². The summed E-state index contributed by atoms with van der Waals surface area (Å²) in [4.78, 5) is 3.82. The molecule has 55 heavy (non-hydrogen) atoms. The van der Waals surface area contributed by atoms with E-state index in [1.807, 2.05) is 11.3 Å². The Labute approximate surface area is 323 Å². The Morgan fingerprint density at radius 1 is 0.509 bits per heavy atom. The quantitative estimate of drug-likeness (QED) is 0.170. The van der Waals surface area contributed by atoms with Gasteiger partial charge in [0.2, 0.25) is 0 Å². The fourth-order valence-corrected chi connectivity index (χ4v) is 9.91. The zero-order valence-electron chi connectivity index (χ0n) is 30.0. The zero-order chi connectivity index (χ0) is 36.3. The fourth-order valence-electron chi connectivity index (χ4n) is 8.58. The van der Waals surface area contributed by atoms with Gasteiger partial charge in [0, 0.05) is 43.0 Å². The number of anilines is 3. The molecular formula is C52H35NOS. The minimum absolute atomic E-state index is 0.325. The minimum atomic E-state index is 0.325. The van der Waals surface area contributed by atoms with Crippen molar-refractivity contribution in [3.63, 3.8) is 0 Å². The topological polar surface area (TPSA) is 16.4 Å². The highest BCUT2D eigenvalue weighted by Crippen LogP contribution is 2.48. The van der Waals surface area contributed by atoms with Crippen molar-refractivity contribution in [2.45, 2.75) is 12.3 Å². The molecule has 0 aliphatic heterocycles. The summed E-state index contributed by atoms with van der Waals surface area (Å²) < 4.78 is 8.47. The smallest absolute Gasteiger partial charge is 0.160 e. The largest absolute Gasteiger partial charge is 0.453 e. The molecule has 1 unspecified atom stereocenters. The minimum Gasteiger partial charge on any atom is -0.453 e. The van der Waals surface area contributed by atoms with Crippen molar-refractivity contribution in [3.05, 3.63) is 204 Å². The van der Waals surface area contributed by atoms with E-state index in [4.69, 9.17) is 4.42 Å². The first kappa shape index (κ1) is 31.8. The second-order valence-corrected chi connectivity index (χ2v) is 15.5. The van der Waals surface area contributed by atoms with E-state index in [0.717, 1.165) is 56.4 Å². The number of furan rings is 1. The normalized spacial score (nSPS) is 13.9. The van der Waals surface area contributed by atoms with Crippen molar-refractivity contribution in [3.8, 4) is 22.3 Å². The summed E-state index contributed by atoms with van der Waals surface area (Å²) in [6.07, 6.45) is 5.66. The maximum Gasteiger partial charge on any atom is 0.160 e. The summed E-state index contributed by atoms with van der Waals surface area (Å²) in [5.41, 5.74) is 12.4. The third kappa shape index (κ3) is 5.31. The number of rotatable bonds is 6. The van der Waals surface area contributed by atoms with Gasteiger partial charge in [-0.25, -0.2) is 0 Å². The molecular weight excluding hydrogens is 687 g/mol. The lowest BCUT2D eigenvalue weighted by atomic mass is 9.87. The second kappa shape index (κ2) is 13.0. The molecule has 3 heteroatoms. The van der Waals surface area contributed by atoms with Crippen molar-refractivity contribution in [2.75, 3.05) is 4.90 Å². The lowest BCUT2D eigenvalue weighted by molar-refractivity contribution is 0.673. The van der Waals surface area contributed by atoms with Gasteiger partial charge in [-0.15, -0.1) is 11.3 Å². The molecule has 260 valence electrons. The Kier molecular flexibility index (Phi) is 7.53.